The van der Waals surface area contributed by atoms with Crippen molar-refractivity contribution in [2.75, 3.05) is 19.6 Å². The fourth-order valence-electron chi connectivity index (χ4n) is 3.95. The Balaban J connectivity index is 1.70. The average Bonchev–Trinajstić information content (AvgIpc) is 3.32. The minimum atomic E-state index is -0.920. The molecule has 1 aliphatic carbocycles. The molecule has 4 rings (SSSR count). The molecule has 2 heterocycles. The van der Waals surface area contributed by atoms with Gasteiger partial charge in [0, 0.05) is 30.4 Å². The van der Waals surface area contributed by atoms with Crippen LogP contribution in [-0.2, 0) is 12.8 Å². The molecule has 2 aliphatic rings. The Hall–Kier alpha value is -2.28. The second-order valence-electron chi connectivity index (χ2n) is 7.63. The molecular formula is C19H22F2N4O. The summed E-state index contributed by atoms with van der Waals surface area (Å²) in [5.41, 5.74) is 8.51. The van der Waals surface area contributed by atoms with Crippen LogP contribution in [-0.4, -0.2) is 40.2 Å². The first kappa shape index (κ1) is 17.1. The predicted octanol–water partition coefficient (Wildman–Crippen LogP) is 2.45. The Morgan fingerprint density at radius 3 is 2.81 bits per heavy atom. The monoisotopic (exact) mass is 360 g/mol. The molecule has 1 aromatic heterocycles. The number of carbonyl (C=O) groups excluding carboxylic acids is 1. The number of nitrogens with two attached hydrogens (primary N) is 1. The number of amides is 1. The van der Waals surface area contributed by atoms with Gasteiger partial charge in [-0.25, -0.2) is 13.5 Å². The van der Waals surface area contributed by atoms with E-state index in [1.807, 2.05) is 4.90 Å². The summed E-state index contributed by atoms with van der Waals surface area (Å²) < 4.78 is 28.5. The van der Waals surface area contributed by atoms with Gasteiger partial charge in [-0.15, -0.1) is 0 Å². The lowest BCUT2D eigenvalue weighted by molar-refractivity contribution is 0.0769. The summed E-state index contributed by atoms with van der Waals surface area (Å²) in [6.45, 7) is 3.91. The second-order valence-corrected chi connectivity index (χ2v) is 7.63. The van der Waals surface area contributed by atoms with Crippen molar-refractivity contribution in [2.24, 2.45) is 11.1 Å². The summed E-state index contributed by atoms with van der Waals surface area (Å²) in [6, 6.07) is 3.69. The number of fused-ring (bicyclic) bond motifs is 1. The SMILES string of the molecule is CC1(CN)CCN(C(=O)c2nn(-c3ccc(F)c(F)c3)c3c2CCC3)C1. The van der Waals surface area contributed by atoms with Crippen LogP contribution in [0.5, 0.6) is 0 Å². The molecule has 1 unspecified atom stereocenters. The van der Waals surface area contributed by atoms with Gasteiger partial charge < -0.3 is 10.6 Å². The topological polar surface area (TPSA) is 64.2 Å². The van der Waals surface area contributed by atoms with E-state index in [2.05, 4.69) is 12.0 Å². The van der Waals surface area contributed by atoms with Gasteiger partial charge in [0.1, 0.15) is 0 Å². The van der Waals surface area contributed by atoms with Crippen LogP contribution >= 0.6 is 0 Å². The Morgan fingerprint density at radius 1 is 1.31 bits per heavy atom. The molecule has 0 radical (unpaired) electrons. The maximum atomic E-state index is 13.6. The van der Waals surface area contributed by atoms with E-state index in [-0.39, 0.29) is 11.3 Å². The minimum absolute atomic E-state index is 0.0541. The molecule has 26 heavy (non-hydrogen) atoms. The lowest BCUT2D eigenvalue weighted by Gasteiger charge is -2.22. The van der Waals surface area contributed by atoms with Crippen molar-refractivity contribution in [2.45, 2.75) is 32.6 Å². The molecule has 1 atom stereocenters. The van der Waals surface area contributed by atoms with Crippen molar-refractivity contribution in [3.63, 3.8) is 0 Å². The standard InChI is InChI=1S/C19H22F2N4O/c1-19(10-22)7-8-24(11-19)18(26)17-13-3-2-4-16(13)25(23-17)12-5-6-14(20)15(21)9-12/h5-6,9H,2-4,7-8,10-11,22H2,1H3. The summed E-state index contributed by atoms with van der Waals surface area (Å²) in [4.78, 5) is 14.9. The quantitative estimate of drug-likeness (QED) is 0.914. The highest BCUT2D eigenvalue weighted by atomic mass is 19.2. The fourth-order valence-corrected chi connectivity index (χ4v) is 3.95. The summed E-state index contributed by atoms with van der Waals surface area (Å²) in [5.74, 6) is -1.91. The Labute approximate surface area is 150 Å². The van der Waals surface area contributed by atoms with Crippen molar-refractivity contribution in [3.8, 4) is 5.69 Å². The van der Waals surface area contributed by atoms with Crippen molar-refractivity contribution >= 4 is 5.91 Å². The normalized spacial score (nSPS) is 22.1. The van der Waals surface area contributed by atoms with E-state index in [0.717, 1.165) is 49.1 Å². The third kappa shape index (κ3) is 2.70. The van der Waals surface area contributed by atoms with Gasteiger partial charge >= 0.3 is 0 Å². The first-order chi connectivity index (χ1) is 12.4. The van der Waals surface area contributed by atoms with Gasteiger partial charge in [0.2, 0.25) is 0 Å². The maximum Gasteiger partial charge on any atom is 0.274 e. The number of aromatic nitrogens is 2. The van der Waals surface area contributed by atoms with E-state index in [0.29, 0.717) is 31.0 Å². The van der Waals surface area contributed by atoms with Crippen molar-refractivity contribution < 1.29 is 13.6 Å². The average molecular weight is 360 g/mol. The van der Waals surface area contributed by atoms with E-state index < -0.39 is 11.6 Å². The van der Waals surface area contributed by atoms with Crippen LogP contribution in [0.25, 0.3) is 5.69 Å². The van der Waals surface area contributed by atoms with Crippen LogP contribution in [0, 0.1) is 17.0 Å². The van der Waals surface area contributed by atoms with Crippen LogP contribution in [0.15, 0.2) is 18.2 Å². The van der Waals surface area contributed by atoms with Gasteiger partial charge in [-0.05, 0) is 49.8 Å². The molecule has 0 spiro atoms. The second kappa shape index (κ2) is 6.16. The predicted molar refractivity (Wildman–Crippen MR) is 93.2 cm³/mol. The highest BCUT2D eigenvalue weighted by molar-refractivity contribution is 5.94. The number of nitrogens with zero attached hydrogens (tertiary/aromatic N) is 3. The number of hydrogen-bond donors (Lipinski definition) is 1. The van der Waals surface area contributed by atoms with Crippen molar-refractivity contribution in [3.05, 3.63) is 46.8 Å². The summed E-state index contributed by atoms with van der Waals surface area (Å²) in [5, 5.41) is 4.50. The molecule has 5 nitrogen and oxygen atoms in total. The van der Waals surface area contributed by atoms with Crippen LogP contribution in [0.3, 0.4) is 0 Å². The zero-order chi connectivity index (χ0) is 18.5. The van der Waals surface area contributed by atoms with E-state index in [1.54, 1.807) is 4.68 Å². The molecule has 138 valence electrons. The zero-order valence-electron chi connectivity index (χ0n) is 14.8. The Morgan fingerprint density at radius 2 is 2.12 bits per heavy atom. The lowest BCUT2D eigenvalue weighted by Crippen LogP contribution is -2.35. The number of halogens is 2. The lowest BCUT2D eigenvalue weighted by atomic mass is 9.90. The summed E-state index contributed by atoms with van der Waals surface area (Å²) in [7, 11) is 0. The highest BCUT2D eigenvalue weighted by Crippen LogP contribution is 2.33. The van der Waals surface area contributed by atoms with E-state index in [1.165, 1.54) is 6.07 Å². The van der Waals surface area contributed by atoms with Crippen LogP contribution < -0.4 is 5.73 Å². The number of rotatable bonds is 3. The molecular weight excluding hydrogens is 338 g/mol. The Bertz CT molecular complexity index is 879. The molecule has 1 fully saturated rings. The van der Waals surface area contributed by atoms with Gasteiger partial charge in [0.25, 0.3) is 5.91 Å². The number of carbonyl (C=O) groups is 1. The van der Waals surface area contributed by atoms with Gasteiger partial charge in [0.05, 0.1) is 5.69 Å². The first-order valence-corrected chi connectivity index (χ1v) is 8.97. The largest absolute Gasteiger partial charge is 0.337 e. The molecule has 1 amide bonds. The molecule has 1 aromatic carbocycles. The minimum Gasteiger partial charge on any atom is -0.337 e. The summed E-state index contributed by atoms with van der Waals surface area (Å²) in [6.07, 6.45) is 3.36. The molecule has 0 saturated carbocycles. The first-order valence-electron chi connectivity index (χ1n) is 8.97. The smallest absolute Gasteiger partial charge is 0.274 e. The van der Waals surface area contributed by atoms with E-state index in [4.69, 9.17) is 5.73 Å². The molecule has 0 bridgehead atoms. The van der Waals surface area contributed by atoms with Gasteiger partial charge in [0.15, 0.2) is 17.3 Å². The van der Waals surface area contributed by atoms with Crippen molar-refractivity contribution in [1.82, 2.24) is 14.7 Å². The molecule has 1 saturated heterocycles. The maximum absolute atomic E-state index is 13.6. The molecule has 7 heteroatoms. The van der Waals surface area contributed by atoms with E-state index >= 15 is 0 Å². The van der Waals surface area contributed by atoms with Gasteiger partial charge in [-0.3, -0.25) is 4.79 Å². The van der Waals surface area contributed by atoms with Gasteiger partial charge in [-0.2, -0.15) is 5.10 Å². The highest BCUT2D eigenvalue weighted by Gasteiger charge is 2.38. The van der Waals surface area contributed by atoms with Crippen LogP contribution in [0.1, 0.15) is 41.5 Å². The van der Waals surface area contributed by atoms with Crippen LogP contribution in [0.2, 0.25) is 0 Å². The third-order valence-corrected chi connectivity index (χ3v) is 5.62. The molecule has 2 N–H and O–H groups in total. The summed E-state index contributed by atoms with van der Waals surface area (Å²) >= 11 is 0. The zero-order valence-corrected chi connectivity index (χ0v) is 14.8. The molecule has 2 aromatic rings. The van der Waals surface area contributed by atoms with Gasteiger partial charge in [-0.1, -0.05) is 6.92 Å². The third-order valence-electron chi connectivity index (χ3n) is 5.62. The van der Waals surface area contributed by atoms with Crippen LogP contribution in [0.4, 0.5) is 8.78 Å². The Kier molecular flexibility index (Phi) is 4.06. The number of likely N-dealkylation sites (tertiary alicyclic amines) is 1. The molecule has 1 aliphatic heterocycles. The number of hydrogen-bond acceptors (Lipinski definition) is 3. The van der Waals surface area contributed by atoms with E-state index in [9.17, 15) is 13.6 Å². The number of benzene rings is 1. The van der Waals surface area contributed by atoms with Crippen molar-refractivity contribution in [1.29, 1.82) is 0 Å². The fraction of sp³-hybridized carbons (Fsp3) is 0.474.